The van der Waals surface area contributed by atoms with Crippen LogP contribution in [0.5, 0.6) is 0 Å². The molecule has 2 aliphatic heterocycles. The van der Waals surface area contributed by atoms with Crippen LogP contribution in [0.3, 0.4) is 0 Å². The van der Waals surface area contributed by atoms with E-state index < -0.39 is 12.0 Å². The smallest absolute Gasteiger partial charge is 0.335 e. The number of anilines is 1. The van der Waals surface area contributed by atoms with E-state index in [1.165, 1.54) is 24.3 Å². The van der Waals surface area contributed by atoms with Gasteiger partial charge in [0.1, 0.15) is 6.04 Å². The largest absolute Gasteiger partial charge is 0.478 e. The van der Waals surface area contributed by atoms with Gasteiger partial charge >= 0.3 is 12.0 Å². The summed E-state index contributed by atoms with van der Waals surface area (Å²) in [4.78, 5) is 39.1. The number of amides is 3. The zero-order valence-corrected chi connectivity index (χ0v) is 12.7. The minimum atomic E-state index is -1.05. The second-order valence-corrected chi connectivity index (χ2v) is 5.92. The Morgan fingerprint density at radius 3 is 2.33 bits per heavy atom. The number of urea groups is 1. The lowest BCUT2D eigenvalue weighted by Gasteiger charge is -2.28. The Labute approximate surface area is 137 Å². The molecule has 1 N–H and O–H groups in total. The molecule has 0 radical (unpaired) electrons. The van der Waals surface area contributed by atoms with Gasteiger partial charge in [0, 0.05) is 13.0 Å². The van der Waals surface area contributed by atoms with Gasteiger partial charge in [-0.2, -0.15) is 0 Å². The fourth-order valence-electron chi connectivity index (χ4n) is 3.31. The first-order valence-corrected chi connectivity index (χ1v) is 7.61. The molecule has 0 bridgehead atoms. The molecule has 0 spiro atoms. The molecule has 1 fully saturated rings. The molecule has 0 aliphatic carbocycles. The minimum absolute atomic E-state index is 0.114. The molecule has 2 aromatic rings. The average molecular weight is 322 g/mol. The molecule has 2 aliphatic rings. The number of hydrogen-bond donors (Lipinski definition) is 1. The van der Waals surface area contributed by atoms with E-state index >= 15 is 0 Å². The maximum absolute atomic E-state index is 12.7. The molecular weight excluding hydrogens is 308 g/mol. The average Bonchev–Trinajstić information content (AvgIpc) is 2.84. The molecule has 4 rings (SSSR count). The Balaban J connectivity index is 1.67. The summed E-state index contributed by atoms with van der Waals surface area (Å²) in [6.45, 7) is 0.412. The Bertz CT molecular complexity index is 817. The van der Waals surface area contributed by atoms with E-state index in [-0.39, 0.29) is 17.5 Å². The van der Waals surface area contributed by atoms with Gasteiger partial charge in [0.2, 0.25) is 0 Å². The number of carbonyl (C=O) groups excluding carboxylic acids is 2. The maximum Gasteiger partial charge on any atom is 0.335 e. The van der Waals surface area contributed by atoms with Crippen molar-refractivity contribution in [3.63, 3.8) is 0 Å². The highest BCUT2D eigenvalue weighted by Gasteiger charge is 2.47. The van der Waals surface area contributed by atoms with Crippen LogP contribution in [0.1, 0.15) is 21.5 Å². The maximum atomic E-state index is 12.7. The number of nitrogens with zero attached hydrogens (tertiary/aromatic N) is 2. The summed E-state index contributed by atoms with van der Waals surface area (Å²) in [5.74, 6) is -1.31. The van der Waals surface area contributed by atoms with Gasteiger partial charge in [-0.25, -0.2) is 14.5 Å². The zero-order chi connectivity index (χ0) is 16.8. The molecule has 0 saturated carbocycles. The van der Waals surface area contributed by atoms with Crippen LogP contribution in [0.4, 0.5) is 10.5 Å². The Hall–Kier alpha value is -3.15. The monoisotopic (exact) mass is 322 g/mol. The molecule has 6 nitrogen and oxygen atoms in total. The first-order valence-electron chi connectivity index (χ1n) is 7.61. The van der Waals surface area contributed by atoms with E-state index in [0.29, 0.717) is 18.7 Å². The molecule has 2 aromatic carbocycles. The first kappa shape index (κ1) is 14.4. The first-order chi connectivity index (χ1) is 11.6. The number of carboxylic acids is 1. The number of rotatable bonds is 2. The van der Waals surface area contributed by atoms with Crippen LogP contribution in [0, 0.1) is 0 Å². The lowest BCUT2D eigenvalue weighted by atomic mass is 9.95. The Morgan fingerprint density at radius 1 is 1.00 bits per heavy atom. The fraction of sp³-hybridized carbons (Fsp3) is 0.167. The summed E-state index contributed by atoms with van der Waals surface area (Å²) in [5.41, 5.74) is 2.65. The number of imide groups is 1. The van der Waals surface area contributed by atoms with Gasteiger partial charge in [-0.15, -0.1) is 0 Å². The van der Waals surface area contributed by atoms with Crippen LogP contribution >= 0.6 is 0 Å². The Morgan fingerprint density at radius 2 is 1.67 bits per heavy atom. The van der Waals surface area contributed by atoms with Crippen molar-refractivity contribution in [2.75, 3.05) is 4.90 Å². The lowest BCUT2D eigenvalue weighted by Crippen LogP contribution is -2.39. The van der Waals surface area contributed by atoms with Crippen LogP contribution in [0.2, 0.25) is 0 Å². The molecule has 1 atom stereocenters. The summed E-state index contributed by atoms with van der Waals surface area (Å²) < 4.78 is 0. The van der Waals surface area contributed by atoms with Crippen molar-refractivity contribution >= 4 is 23.6 Å². The fourth-order valence-corrected chi connectivity index (χ4v) is 3.31. The van der Waals surface area contributed by atoms with Crippen molar-refractivity contribution < 1.29 is 19.5 Å². The molecule has 6 heteroatoms. The predicted octanol–water partition coefficient (Wildman–Crippen LogP) is 2.28. The van der Waals surface area contributed by atoms with Crippen molar-refractivity contribution in [2.24, 2.45) is 0 Å². The summed E-state index contributed by atoms with van der Waals surface area (Å²) in [5, 5.41) is 8.96. The normalized spacial score (nSPS) is 19.2. The topological polar surface area (TPSA) is 77.9 Å². The van der Waals surface area contributed by atoms with Gasteiger partial charge in [-0.3, -0.25) is 4.79 Å². The minimum Gasteiger partial charge on any atom is -0.478 e. The predicted molar refractivity (Wildman–Crippen MR) is 85.8 cm³/mol. The van der Waals surface area contributed by atoms with Crippen LogP contribution in [0.15, 0.2) is 48.5 Å². The van der Waals surface area contributed by atoms with Crippen LogP contribution in [-0.2, 0) is 17.8 Å². The highest BCUT2D eigenvalue weighted by molar-refractivity contribution is 6.21. The second kappa shape index (κ2) is 5.19. The second-order valence-electron chi connectivity index (χ2n) is 5.92. The van der Waals surface area contributed by atoms with E-state index in [0.717, 1.165) is 16.0 Å². The van der Waals surface area contributed by atoms with Gasteiger partial charge in [0.25, 0.3) is 5.91 Å². The number of carbonyl (C=O) groups is 3. The highest BCUT2D eigenvalue weighted by Crippen LogP contribution is 2.32. The van der Waals surface area contributed by atoms with E-state index in [9.17, 15) is 14.4 Å². The van der Waals surface area contributed by atoms with Crippen molar-refractivity contribution in [3.8, 4) is 0 Å². The van der Waals surface area contributed by atoms with Gasteiger partial charge in [0.05, 0.1) is 11.3 Å². The van der Waals surface area contributed by atoms with E-state index in [2.05, 4.69) is 0 Å². The van der Waals surface area contributed by atoms with Gasteiger partial charge < -0.3 is 10.0 Å². The molecule has 1 saturated heterocycles. The third kappa shape index (κ3) is 2.07. The van der Waals surface area contributed by atoms with Gasteiger partial charge in [0.15, 0.2) is 0 Å². The Kier molecular flexibility index (Phi) is 3.13. The number of carboxylic acid groups (broad SMARTS) is 1. The standard InChI is InChI=1S/C18H14N2O4/c21-16-15-9-12-3-1-2-4-13(12)10-19(15)18(24)20(16)14-7-5-11(6-8-14)17(22)23/h1-8,15H,9-10H2,(H,22,23)/t15-/m0/s1. The third-order valence-corrected chi connectivity index (χ3v) is 4.56. The molecule has 24 heavy (non-hydrogen) atoms. The van der Waals surface area contributed by atoms with Gasteiger partial charge in [-0.1, -0.05) is 24.3 Å². The van der Waals surface area contributed by atoms with E-state index in [1.807, 2.05) is 24.3 Å². The third-order valence-electron chi connectivity index (χ3n) is 4.56. The van der Waals surface area contributed by atoms with Crippen LogP contribution in [0.25, 0.3) is 0 Å². The molecule has 2 heterocycles. The summed E-state index contributed by atoms with van der Waals surface area (Å²) in [6, 6.07) is 12.7. The highest BCUT2D eigenvalue weighted by atomic mass is 16.4. The van der Waals surface area contributed by atoms with Gasteiger partial charge in [-0.05, 0) is 35.4 Å². The molecule has 3 amide bonds. The van der Waals surface area contributed by atoms with E-state index in [1.54, 1.807) is 4.90 Å². The summed E-state index contributed by atoms with van der Waals surface area (Å²) in [6.07, 6.45) is 0.504. The molecular formula is C18H14N2O4. The van der Waals surface area contributed by atoms with E-state index in [4.69, 9.17) is 5.11 Å². The zero-order valence-electron chi connectivity index (χ0n) is 12.7. The van der Waals surface area contributed by atoms with Crippen molar-refractivity contribution in [1.29, 1.82) is 0 Å². The molecule has 0 aromatic heterocycles. The van der Waals surface area contributed by atoms with Crippen molar-refractivity contribution in [2.45, 2.75) is 19.0 Å². The number of aromatic carboxylic acids is 1. The van der Waals surface area contributed by atoms with Crippen LogP contribution in [-0.4, -0.2) is 34.0 Å². The van der Waals surface area contributed by atoms with Crippen molar-refractivity contribution in [1.82, 2.24) is 4.90 Å². The number of benzene rings is 2. The number of hydrogen-bond acceptors (Lipinski definition) is 3. The van der Waals surface area contributed by atoms with Crippen molar-refractivity contribution in [3.05, 3.63) is 65.2 Å². The summed E-state index contributed by atoms with van der Waals surface area (Å²) in [7, 11) is 0. The molecule has 120 valence electrons. The molecule has 0 unspecified atom stereocenters. The number of fused-ring (bicyclic) bond motifs is 2. The summed E-state index contributed by atoms with van der Waals surface area (Å²) >= 11 is 0. The quantitative estimate of drug-likeness (QED) is 0.861. The lowest BCUT2D eigenvalue weighted by molar-refractivity contribution is -0.120. The van der Waals surface area contributed by atoms with Crippen LogP contribution < -0.4 is 4.90 Å². The SMILES string of the molecule is O=C(O)c1ccc(N2C(=O)[C@@H]3Cc4ccccc4CN3C2=O)cc1.